The van der Waals surface area contributed by atoms with Crippen molar-refractivity contribution in [3.63, 3.8) is 0 Å². The van der Waals surface area contributed by atoms with Crippen molar-refractivity contribution in [2.75, 3.05) is 52.4 Å². The average molecular weight is 363 g/mol. The number of piperazine rings is 1. The minimum atomic E-state index is -4.16. The Bertz CT molecular complexity index is 428. The molecule has 146 valence electrons. The van der Waals surface area contributed by atoms with Crippen LogP contribution in [0.3, 0.4) is 0 Å². The lowest BCUT2D eigenvalue weighted by Gasteiger charge is -2.39. The Hall–Kier alpha value is -1.02. The predicted octanol–water partition coefficient (Wildman–Crippen LogP) is 2.00. The molecule has 2 rings (SSSR count). The van der Waals surface area contributed by atoms with Crippen LogP contribution in [0.5, 0.6) is 0 Å². The lowest BCUT2D eigenvalue weighted by atomic mass is 10.2. The summed E-state index contributed by atoms with van der Waals surface area (Å²) >= 11 is 0. The number of likely N-dealkylation sites (N-methyl/N-ethyl adjacent to an activating group) is 1. The van der Waals surface area contributed by atoms with Gasteiger partial charge in [0.2, 0.25) is 0 Å². The number of guanidine groups is 1. The van der Waals surface area contributed by atoms with Gasteiger partial charge in [-0.05, 0) is 33.2 Å². The minimum Gasteiger partial charge on any atom is -0.357 e. The highest BCUT2D eigenvalue weighted by Gasteiger charge is 2.41. The number of rotatable bonds is 7. The smallest absolute Gasteiger partial charge is 0.357 e. The van der Waals surface area contributed by atoms with Crippen molar-refractivity contribution in [3.8, 4) is 0 Å². The van der Waals surface area contributed by atoms with Crippen LogP contribution in [0, 0.1) is 0 Å². The first-order valence-electron chi connectivity index (χ1n) is 9.44. The van der Waals surface area contributed by atoms with Crippen LogP contribution in [0.15, 0.2) is 4.99 Å². The summed E-state index contributed by atoms with van der Waals surface area (Å²) in [6.45, 7) is 10.9. The molecule has 0 aromatic rings. The van der Waals surface area contributed by atoms with Gasteiger partial charge in [-0.3, -0.25) is 14.8 Å². The van der Waals surface area contributed by atoms with Crippen molar-refractivity contribution in [2.45, 2.75) is 51.9 Å². The molecule has 1 aliphatic carbocycles. The molecule has 25 heavy (non-hydrogen) atoms. The van der Waals surface area contributed by atoms with Crippen LogP contribution in [0.2, 0.25) is 0 Å². The number of nitrogens with one attached hydrogen (secondary N) is 1. The molecule has 1 unspecified atom stereocenters. The van der Waals surface area contributed by atoms with Crippen molar-refractivity contribution < 1.29 is 13.2 Å². The Morgan fingerprint density at radius 3 is 2.32 bits per heavy atom. The SMILES string of the molecule is CCNC(=NCCN(CC)C1CC1)N1CCN(C(C)C(F)(F)F)CC1. The molecule has 8 heteroatoms. The molecular weight excluding hydrogens is 331 g/mol. The van der Waals surface area contributed by atoms with E-state index in [1.807, 2.05) is 6.92 Å². The summed E-state index contributed by atoms with van der Waals surface area (Å²) in [5.41, 5.74) is 0. The number of alkyl halides is 3. The molecule has 0 amide bonds. The molecule has 1 N–H and O–H groups in total. The second kappa shape index (κ2) is 9.07. The number of halogens is 3. The van der Waals surface area contributed by atoms with Gasteiger partial charge in [0.1, 0.15) is 6.04 Å². The third-order valence-corrected chi connectivity index (χ3v) is 5.09. The highest BCUT2D eigenvalue weighted by Crippen LogP contribution is 2.26. The molecule has 0 bridgehead atoms. The summed E-state index contributed by atoms with van der Waals surface area (Å²) in [4.78, 5) is 10.7. The van der Waals surface area contributed by atoms with Crippen LogP contribution < -0.4 is 5.32 Å². The number of hydrogen-bond donors (Lipinski definition) is 1. The summed E-state index contributed by atoms with van der Waals surface area (Å²) in [5, 5.41) is 3.28. The highest BCUT2D eigenvalue weighted by molar-refractivity contribution is 5.80. The van der Waals surface area contributed by atoms with Crippen molar-refractivity contribution >= 4 is 5.96 Å². The van der Waals surface area contributed by atoms with E-state index in [4.69, 9.17) is 4.99 Å². The fourth-order valence-electron chi connectivity index (χ4n) is 3.28. The maximum Gasteiger partial charge on any atom is 0.403 e. The van der Waals surface area contributed by atoms with E-state index in [0.29, 0.717) is 26.2 Å². The number of nitrogens with zero attached hydrogens (tertiary/aromatic N) is 4. The van der Waals surface area contributed by atoms with Crippen molar-refractivity contribution in [3.05, 3.63) is 0 Å². The molecule has 0 spiro atoms. The molecule has 2 fully saturated rings. The zero-order valence-corrected chi connectivity index (χ0v) is 15.6. The maximum atomic E-state index is 12.9. The van der Waals surface area contributed by atoms with Crippen LogP contribution in [0.4, 0.5) is 13.2 Å². The molecule has 1 saturated carbocycles. The third kappa shape index (κ3) is 6.02. The van der Waals surface area contributed by atoms with Gasteiger partial charge in [-0.15, -0.1) is 0 Å². The Morgan fingerprint density at radius 1 is 1.20 bits per heavy atom. The van der Waals surface area contributed by atoms with Crippen LogP contribution in [0.25, 0.3) is 0 Å². The quantitative estimate of drug-likeness (QED) is 0.554. The van der Waals surface area contributed by atoms with Crippen molar-refractivity contribution in [2.24, 2.45) is 4.99 Å². The van der Waals surface area contributed by atoms with E-state index in [9.17, 15) is 13.2 Å². The van der Waals surface area contributed by atoms with Crippen LogP contribution >= 0.6 is 0 Å². The molecule has 1 heterocycles. The average Bonchev–Trinajstić information content (AvgIpc) is 3.41. The van der Waals surface area contributed by atoms with E-state index in [1.165, 1.54) is 24.7 Å². The third-order valence-electron chi connectivity index (χ3n) is 5.09. The normalized spacial score (nSPS) is 21.7. The Labute approximate surface area is 149 Å². The largest absolute Gasteiger partial charge is 0.403 e. The zero-order chi connectivity index (χ0) is 18.4. The topological polar surface area (TPSA) is 34.1 Å². The van der Waals surface area contributed by atoms with Gasteiger partial charge in [0.15, 0.2) is 5.96 Å². The van der Waals surface area contributed by atoms with E-state index in [-0.39, 0.29) is 0 Å². The molecular formula is C17H32F3N5. The number of hydrogen-bond acceptors (Lipinski definition) is 3. The van der Waals surface area contributed by atoms with Crippen LogP contribution in [0.1, 0.15) is 33.6 Å². The first-order chi connectivity index (χ1) is 11.9. The van der Waals surface area contributed by atoms with E-state index in [1.54, 1.807) is 0 Å². The van der Waals surface area contributed by atoms with Gasteiger partial charge in [-0.25, -0.2) is 0 Å². The molecule has 2 aliphatic rings. The fraction of sp³-hybridized carbons (Fsp3) is 0.941. The molecule has 0 radical (unpaired) electrons. The van der Waals surface area contributed by atoms with Gasteiger partial charge in [-0.1, -0.05) is 6.92 Å². The van der Waals surface area contributed by atoms with Crippen LogP contribution in [-0.4, -0.2) is 91.3 Å². The second-order valence-electron chi connectivity index (χ2n) is 6.84. The van der Waals surface area contributed by atoms with Gasteiger partial charge in [0.25, 0.3) is 0 Å². The van der Waals surface area contributed by atoms with E-state index < -0.39 is 12.2 Å². The lowest BCUT2D eigenvalue weighted by Crippen LogP contribution is -2.56. The fourth-order valence-corrected chi connectivity index (χ4v) is 3.28. The molecule has 1 saturated heterocycles. The van der Waals surface area contributed by atoms with Gasteiger partial charge >= 0.3 is 6.18 Å². The summed E-state index contributed by atoms with van der Waals surface area (Å²) < 4.78 is 38.6. The van der Waals surface area contributed by atoms with E-state index in [2.05, 4.69) is 22.0 Å². The zero-order valence-electron chi connectivity index (χ0n) is 15.6. The van der Waals surface area contributed by atoms with E-state index >= 15 is 0 Å². The molecule has 0 aromatic carbocycles. The lowest BCUT2D eigenvalue weighted by molar-refractivity contribution is -0.181. The van der Waals surface area contributed by atoms with Crippen LogP contribution in [-0.2, 0) is 0 Å². The predicted molar refractivity (Wildman–Crippen MR) is 94.9 cm³/mol. The standard InChI is InChI=1S/C17H32F3N5/c1-4-21-16(22-8-9-23(5-2)15-6-7-15)25-12-10-24(11-13-25)14(3)17(18,19)20/h14-15H,4-13H2,1-3H3,(H,21,22). The Morgan fingerprint density at radius 2 is 1.84 bits per heavy atom. The Balaban J connectivity index is 1.84. The minimum absolute atomic E-state index is 0.411. The summed E-state index contributed by atoms with van der Waals surface area (Å²) in [6.07, 6.45) is -1.58. The summed E-state index contributed by atoms with van der Waals surface area (Å²) in [5.74, 6) is 0.827. The van der Waals surface area contributed by atoms with Gasteiger partial charge in [0.05, 0.1) is 6.54 Å². The molecule has 0 aromatic heterocycles. The van der Waals surface area contributed by atoms with E-state index in [0.717, 1.165) is 38.2 Å². The molecule has 1 aliphatic heterocycles. The van der Waals surface area contributed by atoms with Crippen molar-refractivity contribution in [1.29, 1.82) is 0 Å². The van der Waals surface area contributed by atoms with Gasteiger partial charge < -0.3 is 10.2 Å². The number of aliphatic imine (C=N–C) groups is 1. The van der Waals surface area contributed by atoms with Gasteiger partial charge in [-0.2, -0.15) is 13.2 Å². The summed E-state index contributed by atoms with van der Waals surface area (Å²) in [7, 11) is 0. The monoisotopic (exact) mass is 363 g/mol. The summed E-state index contributed by atoms with van der Waals surface area (Å²) in [6, 6.07) is -0.652. The second-order valence-corrected chi connectivity index (χ2v) is 6.84. The maximum absolute atomic E-state index is 12.9. The highest BCUT2D eigenvalue weighted by atomic mass is 19.4. The van der Waals surface area contributed by atoms with Crippen molar-refractivity contribution in [1.82, 2.24) is 20.0 Å². The first kappa shape index (κ1) is 20.3. The molecule has 5 nitrogen and oxygen atoms in total. The van der Waals surface area contributed by atoms with Gasteiger partial charge in [0, 0.05) is 45.3 Å². The first-order valence-corrected chi connectivity index (χ1v) is 9.44. The molecule has 1 atom stereocenters. The Kier molecular flexibility index (Phi) is 7.37.